The van der Waals surface area contributed by atoms with Gasteiger partial charge >= 0.3 is 6.03 Å². The van der Waals surface area contributed by atoms with Crippen molar-refractivity contribution in [1.29, 1.82) is 0 Å². The van der Waals surface area contributed by atoms with E-state index in [9.17, 15) is 14.4 Å². The average Bonchev–Trinajstić information content (AvgIpc) is 3.01. The summed E-state index contributed by atoms with van der Waals surface area (Å²) in [5, 5.41) is 2.90. The SMILES string of the molecule is Cc1ccc([C@]2(c3ccccc3)NC(=O)N(CC(=O)c3ccc4c(c3)OCCCO4)C2=O)cc1C. The first-order valence-electron chi connectivity index (χ1n) is 11.6. The average molecular weight is 471 g/mol. The number of carbonyl (C=O) groups excluding carboxylic acids is 3. The number of carbonyl (C=O) groups is 3. The molecule has 0 radical (unpaired) electrons. The van der Waals surface area contributed by atoms with Gasteiger partial charge in [0.05, 0.1) is 19.8 Å². The molecular formula is C28H26N2O5. The van der Waals surface area contributed by atoms with Crippen LogP contribution in [0.15, 0.2) is 66.7 Å². The van der Waals surface area contributed by atoms with Crippen LogP contribution in [0.3, 0.4) is 0 Å². The van der Waals surface area contributed by atoms with Crippen LogP contribution in [0.25, 0.3) is 0 Å². The lowest BCUT2D eigenvalue weighted by atomic mass is 9.81. The first-order valence-corrected chi connectivity index (χ1v) is 11.6. The van der Waals surface area contributed by atoms with Crippen molar-refractivity contribution in [3.05, 3.63) is 94.5 Å². The van der Waals surface area contributed by atoms with Gasteiger partial charge in [0.25, 0.3) is 5.91 Å². The molecule has 1 atom stereocenters. The number of hydrogen-bond donors (Lipinski definition) is 1. The zero-order valence-corrected chi connectivity index (χ0v) is 19.7. The highest BCUT2D eigenvalue weighted by Gasteiger charge is 2.54. The summed E-state index contributed by atoms with van der Waals surface area (Å²) < 4.78 is 11.3. The number of benzene rings is 3. The molecule has 0 saturated carbocycles. The Kier molecular flexibility index (Phi) is 5.76. The summed E-state index contributed by atoms with van der Waals surface area (Å²) in [6.45, 7) is 4.60. The first-order chi connectivity index (χ1) is 16.9. The second kappa shape index (κ2) is 8.91. The number of Topliss-reactive ketones (excluding diaryl/α,β-unsaturated/α-hetero) is 1. The molecule has 3 aromatic rings. The minimum absolute atomic E-state index is 0.346. The van der Waals surface area contributed by atoms with E-state index >= 15 is 0 Å². The molecular weight excluding hydrogens is 444 g/mol. The fourth-order valence-corrected chi connectivity index (χ4v) is 4.51. The van der Waals surface area contributed by atoms with Crippen LogP contribution >= 0.6 is 0 Å². The maximum absolute atomic E-state index is 13.9. The highest BCUT2D eigenvalue weighted by atomic mass is 16.5. The molecule has 2 aliphatic rings. The Bertz CT molecular complexity index is 1320. The summed E-state index contributed by atoms with van der Waals surface area (Å²) in [5.74, 6) is 0.207. The zero-order valence-electron chi connectivity index (χ0n) is 19.7. The Labute approximate surface area is 203 Å². The van der Waals surface area contributed by atoms with E-state index in [1.54, 1.807) is 18.2 Å². The maximum atomic E-state index is 13.9. The molecule has 1 N–H and O–H groups in total. The van der Waals surface area contributed by atoms with Crippen LogP contribution in [-0.2, 0) is 10.3 Å². The molecule has 0 spiro atoms. The molecule has 178 valence electrons. The van der Waals surface area contributed by atoms with Crippen molar-refractivity contribution in [2.75, 3.05) is 19.8 Å². The predicted molar refractivity (Wildman–Crippen MR) is 130 cm³/mol. The number of imide groups is 1. The molecule has 0 unspecified atom stereocenters. The van der Waals surface area contributed by atoms with Crippen molar-refractivity contribution in [2.24, 2.45) is 0 Å². The van der Waals surface area contributed by atoms with Crippen molar-refractivity contribution in [1.82, 2.24) is 10.2 Å². The van der Waals surface area contributed by atoms with Crippen molar-refractivity contribution in [3.63, 3.8) is 0 Å². The van der Waals surface area contributed by atoms with Gasteiger partial charge in [-0.1, -0.05) is 48.5 Å². The van der Waals surface area contributed by atoms with Gasteiger partial charge in [-0.3, -0.25) is 14.5 Å². The second-order valence-electron chi connectivity index (χ2n) is 8.87. The smallest absolute Gasteiger partial charge is 0.325 e. The van der Waals surface area contributed by atoms with E-state index in [0.29, 0.717) is 41.4 Å². The van der Waals surface area contributed by atoms with Crippen LogP contribution in [0.2, 0.25) is 0 Å². The molecule has 2 aliphatic heterocycles. The normalized spacial score (nSPS) is 19.3. The molecule has 1 saturated heterocycles. The Morgan fingerprint density at radius 1 is 0.886 bits per heavy atom. The summed E-state index contributed by atoms with van der Waals surface area (Å²) >= 11 is 0. The van der Waals surface area contributed by atoms with Gasteiger partial charge in [0.2, 0.25) is 0 Å². The summed E-state index contributed by atoms with van der Waals surface area (Å²) in [4.78, 5) is 41.2. The van der Waals surface area contributed by atoms with Crippen molar-refractivity contribution in [3.8, 4) is 11.5 Å². The number of rotatable bonds is 5. The van der Waals surface area contributed by atoms with E-state index in [2.05, 4.69) is 5.32 Å². The number of urea groups is 1. The predicted octanol–water partition coefficient (Wildman–Crippen LogP) is 4.14. The van der Waals surface area contributed by atoms with Gasteiger partial charge in [0.1, 0.15) is 0 Å². The van der Waals surface area contributed by atoms with E-state index in [0.717, 1.165) is 22.4 Å². The van der Waals surface area contributed by atoms with Crippen LogP contribution in [-0.4, -0.2) is 42.4 Å². The van der Waals surface area contributed by atoms with Crippen LogP contribution < -0.4 is 14.8 Å². The van der Waals surface area contributed by atoms with Crippen LogP contribution in [0.1, 0.15) is 39.0 Å². The third-order valence-corrected chi connectivity index (χ3v) is 6.62. The minimum atomic E-state index is -1.41. The molecule has 5 rings (SSSR count). The molecule has 0 aromatic heterocycles. The van der Waals surface area contributed by atoms with E-state index in [1.165, 1.54) is 0 Å². The van der Waals surface area contributed by atoms with Gasteiger partial charge in [0, 0.05) is 12.0 Å². The van der Waals surface area contributed by atoms with Gasteiger partial charge < -0.3 is 14.8 Å². The molecule has 2 heterocycles. The van der Waals surface area contributed by atoms with Crippen molar-refractivity contribution in [2.45, 2.75) is 25.8 Å². The van der Waals surface area contributed by atoms with Crippen molar-refractivity contribution < 1.29 is 23.9 Å². The number of fused-ring (bicyclic) bond motifs is 1. The molecule has 35 heavy (non-hydrogen) atoms. The number of aryl methyl sites for hydroxylation is 2. The number of amides is 3. The molecule has 0 aliphatic carbocycles. The third kappa shape index (κ3) is 3.93. The van der Waals surface area contributed by atoms with Gasteiger partial charge in [-0.2, -0.15) is 0 Å². The third-order valence-electron chi connectivity index (χ3n) is 6.62. The lowest BCUT2D eigenvalue weighted by Gasteiger charge is -2.28. The molecule has 7 heteroatoms. The van der Waals surface area contributed by atoms with Gasteiger partial charge in [-0.25, -0.2) is 4.79 Å². The standard InChI is InChI=1S/C28H26N2O5/c1-18-9-11-22(15-19(18)2)28(21-7-4-3-5-8-21)26(32)30(27(33)29-28)17-23(31)20-10-12-24-25(16-20)35-14-6-13-34-24/h3-5,7-12,15-16H,6,13-14,17H2,1-2H3,(H,29,33)/t28-/m0/s1. The van der Waals surface area contributed by atoms with Gasteiger partial charge in [-0.05, 0) is 54.3 Å². The quantitative estimate of drug-likeness (QED) is 0.448. The first kappa shape index (κ1) is 22.7. The largest absolute Gasteiger partial charge is 0.490 e. The number of nitrogens with zero attached hydrogens (tertiary/aromatic N) is 1. The highest BCUT2D eigenvalue weighted by Crippen LogP contribution is 2.37. The maximum Gasteiger partial charge on any atom is 0.325 e. The summed E-state index contributed by atoms with van der Waals surface area (Å²) in [6, 6.07) is 19.1. The Balaban J connectivity index is 1.49. The molecule has 3 aromatic carbocycles. The van der Waals surface area contributed by atoms with Gasteiger partial charge in [-0.15, -0.1) is 0 Å². The number of ether oxygens (including phenoxy) is 2. The fraction of sp³-hybridized carbons (Fsp3) is 0.250. The summed E-state index contributed by atoms with van der Waals surface area (Å²) in [7, 11) is 0. The molecule has 7 nitrogen and oxygen atoms in total. The van der Waals surface area contributed by atoms with E-state index in [1.807, 2.05) is 62.4 Å². The van der Waals surface area contributed by atoms with Crippen LogP contribution in [0, 0.1) is 13.8 Å². The Morgan fingerprint density at radius 3 is 2.37 bits per heavy atom. The minimum Gasteiger partial charge on any atom is -0.490 e. The van der Waals surface area contributed by atoms with E-state index in [4.69, 9.17) is 9.47 Å². The fourth-order valence-electron chi connectivity index (χ4n) is 4.51. The highest BCUT2D eigenvalue weighted by molar-refractivity contribution is 6.13. The second-order valence-corrected chi connectivity index (χ2v) is 8.87. The summed E-state index contributed by atoms with van der Waals surface area (Å²) in [5.41, 5.74) is 2.29. The van der Waals surface area contributed by atoms with Crippen LogP contribution in [0.5, 0.6) is 11.5 Å². The van der Waals surface area contributed by atoms with Crippen molar-refractivity contribution >= 4 is 17.7 Å². The van der Waals surface area contributed by atoms with E-state index < -0.39 is 17.5 Å². The molecule has 1 fully saturated rings. The van der Waals surface area contributed by atoms with E-state index in [-0.39, 0.29) is 12.3 Å². The Morgan fingerprint density at radius 2 is 1.63 bits per heavy atom. The molecule has 0 bridgehead atoms. The number of ketones is 1. The lowest BCUT2D eigenvalue weighted by molar-refractivity contribution is -0.129. The lowest BCUT2D eigenvalue weighted by Crippen LogP contribution is -2.45. The van der Waals surface area contributed by atoms with Gasteiger partial charge in [0.15, 0.2) is 22.8 Å². The van der Waals surface area contributed by atoms with Crippen LogP contribution in [0.4, 0.5) is 4.79 Å². The summed E-state index contributed by atoms with van der Waals surface area (Å²) in [6.07, 6.45) is 0.750. The Hall–Kier alpha value is -4.13. The number of hydrogen-bond acceptors (Lipinski definition) is 5. The number of nitrogens with one attached hydrogen (secondary N) is 1. The topological polar surface area (TPSA) is 84.9 Å². The monoisotopic (exact) mass is 470 g/mol. The molecule has 3 amide bonds. The zero-order chi connectivity index (χ0) is 24.6.